The van der Waals surface area contributed by atoms with Crippen molar-refractivity contribution in [2.75, 3.05) is 23.8 Å². The second-order valence-electron chi connectivity index (χ2n) is 10.4. The number of aliphatic hydroxyl groups excluding tert-OH is 1. The molecule has 194 valence electrons. The number of thiazole rings is 1. The van der Waals surface area contributed by atoms with Gasteiger partial charge in [-0.15, -0.1) is 11.3 Å². The summed E-state index contributed by atoms with van der Waals surface area (Å²) in [6.07, 6.45) is 3.01. The highest BCUT2D eigenvalue weighted by atomic mass is 32.1. The molecule has 0 spiro atoms. The fourth-order valence-electron chi connectivity index (χ4n) is 5.19. The van der Waals surface area contributed by atoms with E-state index < -0.39 is 23.3 Å². The molecule has 36 heavy (non-hydrogen) atoms. The Morgan fingerprint density at radius 1 is 1.11 bits per heavy atom. The van der Waals surface area contributed by atoms with E-state index in [1.807, 2.05) is 19.9 Å². The SMILES string of the molecule is Cc1nc(NC2CCOCC2)nc(NC2(O)CCC(C(C)(C)O)C2O)c1-c1nc2c(C)nccc2s1. The van der Waals surface area contributed by atoms with Crippen molar-refractivity contribution < 1.29 is 20.1 Å². The smallest absolute Gasteiger partial charge is 0.225 e. The molecule has 1 aliphatic heterocycles. The van der Waals surface area contributed by atoms with E-state index in [1.54, 1.807) is 20.0 Å². The van der Waals surface area contributed by atoms with Gasteiger partial charge in [-0.3, -0.25) is 4.98 Å². The van der Waals surface area contributed by atoms with E-state index in [-0.39, 0.29) is 12.5 Å². The number of fused-ring (bicyclic) bond motifs is 1. The van der Waals surface area contributed by atoms with Gasteiger partial charge in [-0.25, -0.2) is 9.97 Å². The largest absolute Gasteiger partial charge is 0.390 e. The van der Waals surface area contributed by atoms with Gasteiger partial charge in [-0.05, 0) is 59.4 Å². The molecule has 1 saturated carbocycles. The Kier molecular flexibility index (Phi) is 6.63. The Balaban J connectivity index is 1.56. The molecule has 5 rings (SSSR count). The number of aliphatic hydroxyl groups is 3. The maximum Gasteiger partial charge on any atom is 0.225 e. The molecule has 0 aromatic carbocycles. The first-order valence-corrected chi connectivity index (χ1v) is 13.2. The minimum Gasteiger partial charge on any atom is -0.390 e. The lowest BCUT2D eigenvalue weighted by Gasteiger charge is -2.35. The Labute approximate surface area is 214 Å². The van der Waals surface area contributed by atoms with Crippen LogP contribution >= 0.6 is 11.3 Å². The third-order valence-corrected chi connectivity index (χ3v) is 8.34. The standard InChI is InChI=1S/C25H34N6O4S/c1-13-18(22-29-19-14(2)26-10-6-17(19)36-22)21(30-23(27-13)28-15-7-11-35-12-8-15)31-25(34)9-5-16(20(25)32)24(3,4)33/h6,10,15-16,20,32-34H,5,7-9,11-12H2,1-4H3,(H2,27,28,30,31). The topological polar surface area (TPSA) is 146 Å². The summed E-state index contributed by atoms with van der Waals surface area (Å²) in [5, 5.41) is 40.3. The molecule has 11 heteroatoms. The third kappa shape index (κ3) is 4.78. The molecule has 3 aromatic heterocycles. The molecule has 1 saturated heterocycles. The summed E-state index contributed by atoms with van der Waals surface area (Å²) in [6, 6.07) is 2.11. The fourth-order valence-corrected chi connectivity index (χ4v) is 6.30. The number of aromatic nitrogens is 4. The van der Waals surface area contributed by atoms with Crippen LogP contribution < -0.4 is 10.6 Å². The number of hydrogen-bond acceptors (Lipinski definition) is 11. The van der Waals surface area contributed by atoms with Crippen molar-refractivity contribution in [1.29, 1.82) is 0 Å². The van der Waals surface area contributed by atoms with Gasteiger partial charge in [0.05, 0.1) is 27.3 Å². The number of anilines is 2. The number of nitrogens with zero attached hydrogens (tertiary/aromatic N) is 4. The van der Waals surface area contributed by atoms with Gasteiger partial charge in [0.1, 0.15) is 22.4 Å². The fraction of sp³-hybridized carbons (Fsp3) is 0.600. The van der Waals surface area contributed by atoms with E-state index in [2.05, 4.69) is 15.6 Å². The first-order chi connectivity index (χ1) is 17.0. The summed E-state index contributed by atoms with van der Waals surface area (Å²) in [6.45, 7) is 8.49. The molecule has 10 nitrogen and oxygen atoms in total. The van der Waals surface area contributed by atoms with E-state index in [9.17, 15) is 15.3 Å². The number of ether oxygens (including phenoxy) is 1. The van der Waals surface area contributed by atoms with Crippen molar-refractivity contribution in [3.8, 4) is 10.6 Å². The van der Waals surface area contributed by atoms with Gasteiger partial charge in [0.15, 0.2) is 5.72 Å². The number of nitrogens with one attached hydrogen (secondary N) is 2. The van der Waals surface area contributed by atoms with Crippen molar-refractivity contribution in [3.05, 3.63) is 23.7 Å². The van der Waals surface area contributed by atoms with Crippen LogP contribution in [0.25, 0.3) is 20.8 Å². The van der Waals surface area contributed by atoms with Crippen LogP contribution in [-0.4, -0.2) is 71.9 Å². The molecule has 5 N–H and O–H groups in total. The molecule has 0 amide bonds. The summed E-state index contributed by atoms with van der Waals surface area (Å²) < 4.78 is 6.46. The lowest BCUT2D eigenvalue weighted by molar-refractivity contribution is -0.0926. The monoisotopic (exact) mass is 514 g/mol. The van der Waals surface area contributed by atoms with Crippen LogP contribution in [0.15, 0.2) is 12.3 Å². The minimum absolute atomic E-state index is 0.188. The Hall–Kier alpha value is -2.44. The van der Waals surface area contributed by atoms with Crippen LogP contribution in [0.5, 0.6) is 0 Å². The predicted molar refractivity (Wildman–Crippen MR) is 139 cm³/mol. The molecule has 0 radical (unpaired) electrons. The van der Waals surface area contributed by atoms with E-state index in [0.29, 0.717) is 47.7 Å². The number of pyridine rings is 1. The van der Waals surface area contributed by atoms with E-state index in [1.165, 1.54) is 11.3 Å². The number of rotatable bonds is 6. The van der Waals surface area contributed by atoms with Crippen molar-refractivity contribution in [3.63, 3.8) is 0 Å². The molecular formula is C25H34N6O4S. The van der Waals surface area contributed by atoms with Gasteiger partial charge in [0.25, 0.3) is 0 Å². The molecule has 4 heterocycles. The lowest BCUT2D eigenvalue weighted by atomic mass is 9.87. The van der Waals surface area contributed by atoms with E-state index in [0.717, 1.165) is 28.8 Å². The van der Waals surface area contributed by atoms with Gasteiger partial charge in [-0.2, -0.15) is 4.98 Å². The molecule has 3 aromatic rings. The summed E-state index contributed by atoms with van der Waals surface area (Å²) in [4.78, 5) is 18.7. The second kappa shape index (κ2) is 9.46. The maximum atomic E-state index is 11.5. The highest BCUT2D eigenvalue weighted by molar-refractivity contribution is 7.21. The van der Waals surface area contributed by atoms with Crippen molar-refractivity contribution in [1.82, 2.24) is 19.9 Å². The Morgan fingerprint density at radius 2 is 1.86 bits per heavy atom. The minimum atomic E-state index is -1.66. The average Bonchev–Trinajstić information content (AvgIpc) is 3.36. The highest BCUT2D eigenvalue weighted by Gasteiger charge is 2.52. The zero-order valence-corrected chi connectivity index (χ0v) is 21.9. The lowest BCUT2D eigenvalue weighted by Crippen LogP contribution is -2.51. The molecular weight excluding hydrogens is 480 g/mol. The van der Waals surface area contributed by atoms with Crippen LogP contribution in [0, 0.1) is 19.8 Å². The van der Waals surface area contributed by atoms with Crippen LogP contribution in [-0.2, 0) is 4.74 Å². The average molecular weight is 515 g/mol. The van der Waals surface area contributed by atoms with Gasteiger partial charge < -0.3 is 30.7 Å². The summed E-state index contributed by atoms with van der Waals surface area (Å²) >= 11 is 1.50. The van der Waals surface area contributed by atoms with Crippen LogP contribution in [0.1, 0.15) is 50.9 Å². The molecule has 3 atom stereocenters. The van der Waals surface area contributed by atoms with E-state index >= 15 is 0 Å². The zero-order valence-electron chi connectivity index (χ0n) is 21.1. The molecule has 3 unspecified atom stereocenters. The quantitative estimate of drug-likeness (QED) is 0.311. The highest BCUT2D eigenvalue weighted by Crippen LogP contribution is 2.43. The predicted octanol–water partition coefficient (Wildman–Crippen LogP) is 3.00. The number of hydrogen-bond donors (Lipinski definition) is 5. The summed E-state index contributed by atoms with van der Waals surface area (Å²) in [5.41, 5.74) is 0.211. The molecule has 0 bridgehead atoms. The van der Waals surface area contributed by atoms with Crippen LogP contribution in [0.3, 0.4) is 0 Å². The Morgan fingerprint density at radius 3 is 2.53 bits per heavy atom. The van der Waals surface area contributed by atoms with Gasteiger partial charge in [0, 0.05) is 31.4 Å². The summed E-state index contributed by atoms with van der Waals surface area (Å²) in [7, 11) is 0. The zero-order chi connectivity index (χ0) is 25.7. The normalized spacial score (nSPS) is 25.4. The molecule has 1 aliphatic carbocycles. The van der Waals surface area contributed by atoms with Gasteiger partial charge in [-0.1, -0.05) is 0 Å². The van der Waals surface area contributed by atoms with Gasteiger partial charge in [0.2, 0.25) is 5.95 Å². The van der Waals surface area contributed by atoms with Crippen LogP contribution in [0.2, 0.25) is 0 Å². The third-order valence-electron chi connectivity index (χ3n) is 7.30. The molecule has 2 aliphatic rings. The van der Waals surface area contributed by atoms with Gasteiger partial charge >= 0.3 is 0 Å². The first kappa shape index (κ1) is 25.2. The van der Waals surface area contributed by atoms with Crippen molar-refractivity contribution >= 4 is 33.3 Å². The van der Waals surface area contributed by atoms with E-state index in [4.69, 9.17) is 19.7 Å². The van der Waals surface area contributed by atoms with Crippen molar-refractivity contribution in [2.45, 2.75) is 76.9 Å². The second-order valence-corrected chi connectivity index (χ2v) is 11.5. The van der Waals surface area contributed by atoms with Crippen LogP contribution in [0.4, 0.5) is 11.8 Å². The summed E-state index contributed by atoms with van der Waals surface area (Å²) in [5.74, 6) is 0.344. The first-order valence-electron chi connectivity index (χ1n) is 12.4. The van der Waals surface area contributed by atoms with Crippen molar-refractivity contribution in [2.24, 2.45) is 5.92 Å². The maximum absolute atomic E-state index is 11.5. The molecule has 2 fully saturated rings. The Bertz CT molecular complexity index is 1260. The number of aryl methyl sites for hydroxylation is 2.